The van der Waals surface area contributed by atoms with Gasteiger partial charge in [0.05, 0.1) is 0 Å². The number of hydrogen-bond donors (Lipinski definition) is 0. The van der Waals surface area contributed by atoms with Crippen molar-refractivity contribution in [3.63, 3.8) is 0 Å². The predicted molar refractivity (Wildman–Crippen MR) is 46.3 cm³/mol. The van der Waals surface area contributed by atoms with Gasteiger partial charge in [-0.15, -0.1) is 0 Å². The van der Waals surface area contributed by atoms with Crippen LogP contribution in [0.2, 0.25) is 0 Å². The average Bonchev–Trinajstić information content (AvgIpc) is 2.20. The number of aromatic nitrogens is 2. The van der Waals surface area contributed by atoms with Crippen LogP contribution in [0.3, 0.4) is 0 Å². The van der Waals surface area contributed by atoms with Gasteiger partial charge < -0.3 is 0 Å². The molecule has 0 unspecified atom stereocenters. The summed E-state index contributed by atoms with van der Waals surface area (Å²) < 4.78 is 13.2. The van der Waals surface area contributed by atoms with Crippen LogP contribution in [-0.2, 0) is 0 Å². The number of benzene rings is 1. The second-order valence-corrected chi connectivity index (χ2v) is 2.55. The highest BCUT2D eigenvalue weighted by Gasteiger charge is 2.02. The molecular formula is C10H6FN2. The zero-order valence-electron chi connectivity index (χ0n) is 6.74. The maximum atomic E-state index is 13.2. The number of hydrogen-bond acceptors (Lipinski definition) is 2. The molecule has 0 saturated carbocycles. The molecule has 0 amide bonds. The summed E-state index contributed by atoms with van der Waals surface area (Å²) in [6.45, 7) is 0. The van der Waals surface area contributed by atoms with Crippen LogP contribution in [-0.4, -0.2) is 9.97 Å². The molecule has 0 N–H and O–H groups in total. The van der Waals surface area contributed by atoms with Gasteiger partial charge in [0.2, 0.25) is 0 Å². The van der Waals surface area contributed by atoms with E-state index in [-0.39, 0.29) is 5.82 Å². The first-order valence-corrected chi connectivity index (χ1v) is 3.81. The van der Waals surface area contributed by atoms with Gasteiger partial charge in [-0.05, 0) is 6.07 Å². The molecule has 1 radical (unpaired) electrons. The van der Waals surface area contributed by atoms with Crippen molar-refractivity contribution in [1.82, 2.24) is 9.97 Å². The molecule has 1 aromatic carbocycles. The van der Waals surface area contributed by atoms with Crippen molar-refractivity contribution < 1.29 is 4.39 Å². The summed E-state index contributed by atoms with van der Waals surface area (Å²) in [6, 6.07) is 6.52. The summed E-state index contributed by atoms with van der Waals surface area (Å²) in [7, 11) is 0. The van der Waals surface area contributed by atoms with E-state index in [0.717, 1.165) is 0 Å². The molecule has 0 saturated heterocycles. The van der Waals surface area contributed by atoms with Gasteiger partial charge in [-0.3, -0.25) is 0 Å². The van der Waals surface area contributed by atoms with E-state index in [9.17, 15) is 4.39 Å². The number of rotatable bonds is 1. The van der Waals surface area contributed by atoms with E-state index in [1.165, 1.54) is 18.5 Å². The third-order valence-corrected chi connectivity index (χ3v) is 1.71. The lowest BCUT2D eigenvalue weighted by atomic mass is 10.1. The Hall–Kier alpha value is -1.77. The summed E-state index contributed by atoms with van der Waals surface area (Å²) in [6.07, 6.45) is 5.47. The first-order valence-electron chi connectivity index (χ1n) is 3.81. The molecule has 0 spiro atoms. The second-order valence-electron chi connectivity index (χ2n) is 2.55. The van der Waals surface area contributed by atoms with E-state index >= 15 is 0 Å². The molecular weight excluding hydrogens is 167 g/mol. The Bertz CT molecular complexity index is 401. The fourth-order valence-corrected chi connectivity index (χ4v) is 1.10. The minimum atomic E-state index is -0.266. The summed E-state index contributed by atoms with van der Waals surface area (Å²) >= 11 is 0. The zero-order chi connectivity index (χ0) is 9.10. The third kappa shape index (κ3) is 1.54. The number of nitrogens with zero attached hydrogens (tertiary/aromatic N) is 2. The van der Waals surface area contributed by atoms with Gasteiger partial charge in [0.1, 0.15) is 5.82 Å². The largest absolute Gasteiger partial charge is 0.233 e. The molecule has 13 heavy (non-hydrogen) atoms. The lowest BCUT2D eigenvalue weighted by Crippen LogP contribution is -1.85. The van der Waals surface area contributed by atoms with Crippen molar-refractivity contribution >= 4 is 0 Å². The molecule has 1 aromatic heterocycles. The highest BCUT2D eigenvalue weighted by atomic mass is 19.1. The van der Waals surface area contributed by atoms with Crippen molar-refractivity contribution in [2.75, 3.05) is 0 Å². The van der Waals surface area contributed by atoms with Crippen molar-refractivity contribution in [2.45, 2.75) is 0 Å². The SMILES string of the molecule is Fc1ccccc1-c1cn[c]nc1. The molecule has 0 fully saturated rings. The van der Waals surface area contributed by atoms with E-state index in [4.69, 9.17) is 0 Å². The maximum absolute atomic E-state index is 13.2. The van der Waals surface area contributed by atoms with Crippen LogP contribution < -0.4 is 0 Å². The summed E-state index contributed by atoms with van der Waals surface area (Å²) in [5.41, 5.74) is 1.17. The molecule has 2 rings (SSSR count). The predicted octanol–water partition coefficient (Wildman–Crippen LogP) is 2.08. The maximum Gasteiger partial charge on any atom is 0.197 e. The Labute approximate surface area is 75.1 Å². The summed E-state index contributed by atoms with van der Waals surface area (Å²) in [4.78, 5) is 7.40. The Morgan fingerprint density at radius 1 is 1.08 bits per heavy atom. The molecule has 0 aliphatic rings. The van der Waals surface area contributed by atoms with Gasteiger partial charge in [0, 0.05) is 23.5 Å². The van der Waals surface area contributed by atoms with E-state index in [0.29, 0.717) is 11.1 Å². The number of halogens is 1. The van der Waals surface area contributed by atoms with Crippen LogP contribution in [0.25, 0.3) is 11.1 Å². The first kappa shape index (κ1) is 7.86. The van der Waals surface area contributed by atoms with Crippen LogP contribution in [0.4, 0.5) is 4.39 Å². The first-order chi connectivity index (χ1) is 6.38. The molecule has 0 aliphatic carbocycles. The van der Waals surface area contributed by atoms with Gasteiger partial charge in [-0.25, -0.2) is 14.4 Å². The van der Waals surface area contributed by atoms with Gasteiger partial charge in [-0.2, -0.15) is 0 Å². The van der Waals surface area contributed by atoms with Gasteiger partial charge >= 0.3 is 0 Å². The van der Waals surface area contributed by atoms with Crippen molar-refractivity contribution in [2.24, 2.45) is 0 Å². The highest BCUT2D eigenvalue weighted by molar-refractivity contribution is 5.61. The fourth-order valence-electron chi connectivity index (χ4n) is 1.10. The molecule has 0 atom stereocenters. The van der Waals surface area contributed by atoms with Gasteiger partial charge in [0.15, 0.2) is 6.33 Å². The van der Waals surface area contributed by atoms with Gasteiger partial charge in [0.25, 0.3) is 0 Å². The minimum Gasteiger partial charge on any atom is -0.233 e. The normalized spacial score (nSPS) is 9.92. The molecule has 2 aromatic rings. The Morgan fingerprint density at radius 3 is 2.46 bits per heavy atom. The van der Waals surface area contributed by atoms with E-state index in [1.54, 1.807) is 18.2 Å². The van der Waals surface area contributed by atoms with Crippen LogP contribution in [0.15, 0.2) is 36.7 Å². The summed E-state index contributed by atoms with van der Waals surface area (Å²) in [5, 5.41) is 0. The van der Waals surface area contributed by atoms with E-state index in [1.807, 2.05) is 0 Å². The molecule has 3 heteroatoms. The molecule has 0 bridgehead atoms. The Balaban J connectivity index is 2.54. The van der Waals surface area contributed by atoms with Crippen molar-refractivity contribution in [3.05, 3.63) is 48.8 Å². The molecule has 0 aliphatic heterocycles. The lowest BCUT2D eigenvalue weighted by molar-refractivity contribution is 0.631. The van der Waals surface area contributed by atoms with Crippen molar-refractivity contribution in [3.8, 4) is 11.1 Å². The third-order valence-electron chi connectivity index (χ3n) is 1.71. The van der Waals surface area contributed by atoms with Gasteiger partial charge in [-0.1, -0.05) is 18.2 Å². The van der Waals surface area contributed by atoms with Crippen molar-refractivity contribution in [1.29, 1.82) is 0 Å². The highest BCUT2D eigenvalue weighted by Crippen LogP contribution is 2.19. The molecule has 1 heterocycles. The van der Waals surface area contributed by atoms with E-state index < -0.39 is 0 Å². The van der Waals surface area contributed by atoms with E-state index in [2.05, 4.69) is 16.3 Å². The Kier molecular flexibility index (Phi) is 2.00. The standard InChI is InChI=1S/C10H6FN2/c11-10-4-2-1-3-9(10)8-5-12-7-13-6-8/h1-6H. The van der Waals surface area contributed by atoms with Crippen LogP contribution in [0.5, 0.6) is 0 Å². The second kappa shape index (κ2) is 3.31. The quantitative estimate of drug-likeness (QED) is 0.659. The smallest absolute Gasteiger partial charge is 0.197 e. The monoisotopic (exact) mass is 173 g/mol. The van der Waals surface area contributed by atoms with Crippen LogP contribution in [0.1, 0.15) is 0 Å². The lowest BCUT2D eigenvalue weighted by Gasteiger charge is -1.99. The summed E-state index contributed by atoms with van der Waals surface area (Å²) in [5.74, 6) is -0.266. The topological polar surface area (TPSA) is 25.8 Å². The Morgan fingerprint density at radius 2 is 1.77 bits per heavy atom. The molecule has 63 valence electrons. The average molecular weight is 173 g/mol. The minimum absolute atomic E-state index is 0.266. The zero-order valence-corrected chi connectivity index (χ0v) is 6.74. The van der Waals surface area contributed by atoms with Crippen LogP contribution in [0, 0.1) is 12.1 Å². The molecule has 2 nitrogen and oxygen atoms in total. The fraction of sp³-hybridized carbons (Fsp3) is 0. The van der Waals surface area contributed by atoms with Crippen LogP contribution >= 0.6 is 0 Å².